The van der Waals surface area contributed by atoms with Crippen molar-refractivity contribution >= 4 is 34.2 Å². The van der Waals surface area contributed by atoms with Crippen molar-refractivity contribution in [1.82, 2.24) is 0 Å². The molecule has 7 heteroatoms. The van der Waals surface area contributed by atoms with Gasteiger partial charge in [-0.2, -0.15) is 0 Å². The van der Waals surface area contributed by atoms with Crippen molar-refractivity contribution in [2.45, 2.75) is 66.2 Å². The molecule has 1 aromatic heterocycles. The Labute approximate surface area is 170 Å². The van der Waals surface area contributed by atoms with Gasteiger partial charge in [0.15, 0.2) is 0 Å². The standard InChI is InChI=1S/C21H31NO5S/c1-6-21(3,4)13-7-8-14-15(11-13)28-19(18(14)20(26)27-5)22-16(23)9-12(2)10-17(24)25/h12-13H,6-11H2,1-5H3,(H,22,23)(H,24,25)/t12-,13+/m1/s1. The smallest absolute Gasteiger partial charge is 0.341 e. The minimum atomic E-state index is -0.924. The number of anilines is 1. The molecule has 2 rings (SSSR count). The number of carboxylic acid groups (broad SMARTS) is 1. The molecule has 156 valence electrons. The number of aliphatic carboxylic acids is 1. The van der Waals surface area contributed by atoms with Crippen LogP contribution in [0.1, 0.15) is 74.2 Å². The number of thiophene rings is 1. The van der Waals surface area contributed by atoms with Crippen LogP contribution in [0.5, 0.6) is 0 Å². The van der Waals surface area contributed by atoms with Crippen LogP contribution in [0, 0.1) is 17.3 Å². The second-order valence-corrected chi connectivity index (χ2v) is 9.54. The van der Waals surface area contributed by atoms with Crippen molar-refractivity contribution < 1.29 is 24.2 Å². The molecule has 1 aromatic rings. The molecule has 0 bridgehead atoms. The van der Waals surface area contributed by atoms with Gasteiger partial charge in [-0.15, -0.1) is 11.3 Å². The van der Waals surface area contributed by atoms with Gasteiger partial charge in [0.25, 0.3) is 0 Å². The average molecular weight is 410 g/mol. The molecule has 0 unspecified atom stereocenters. The molecule has 1 heterocycles. The van der Waals surface area contributed by atoms with Crippen LogP contribution in [-0.2, 0) is 27.2 Å². The summed E-state index contributed by atoms with van der Waals surface area (Å²) in [6, 6.07) is 0. The van der Waals surface area contributed by atoms with E-state index in [-0.39, 0.29) is 30.1 Å². The number of carboxylic acids is 1. The van der Waals surface area contributed by atoms with Gasteiger partial charge in [-0.3, -0.25) is 9.59 Å². The summed E-state index contributed by atoms with van der Waals surface area (Å²) in [6.45, 7) is 8.49. The maximum atomic E-state index is 12.4. The van der Waals surface area contributed by atoms with Gasteiger partial charge in [-0.25, -0.2) is 4.79 Å². The van der Waals surface area contributed by atoms with E-state index in [1.807, 2.05) is 0 Å². The van der Waals surface area contributed by atoms with Gasteiger partial charge >= 0.3 is 11.9 Å². The van der Waals surface area contributed by atoms with Crippen molar-refractivity contribution in [3.05, 3.63) is 16.0 Å². The van der Waals surface area contributed by atoms with Crippen LogP contribution in [0.25, 0.3) is 0 Å². The summed E-state index contributed by atoms with van der Waals surface area (Å²) in [5.41, 5.74) is 1.69. The Kier molecular flexibility index (Phi) is 7.26. The third kappa shape index (κ3) is 5.13. The molecule has 0 saturated carbocycles. The highest BCUT2D eigenvalue weighted by atomic mass is 32.1. The first-order chi connectivity index (χ1) is 13.1. The molecular weight excluding hydrogens is 378 g/mol. The topological polar surface area (TPSA) is 92.7 Å². The van der Waals surface area contributed by atoms with Crippen LogP contribution in [0.2, 0.25) is 0 Å². The van der Waals surface area contributed by atoms with E-state index in [4.69, 9.17) is 9.84 Å². The van der Waals surface area contributed by atoms with E-state index in [0.29, 0.717) is 16.5 Å². The van der Waals surface area contributed by atoms with E-state index in [2.05, 4.69) is 26.1 Å². The van der Waals surface area contributed by atoms with Crippen molar-refractivity contribution in [1.29, 1.82) is 0 Å². The molecule has 1 aliphatic rings. The summed E-state index contributed by atoms with van der Waals surface area (Å²) in [4.78, 5) is 36.8. The van der Waals surface area contributed by atoms with E-state index >= 15 is 0 Å². The summed E-state index contributed by atoms with van der Waals surface area (Å²) >= 11 is 1.46. The van der Waals surface area contributed by atoms with E-state index in [1.165, 1.54) is 18.4 Å². The Bertz CT molecular complexity index is 752. The summed E-state index contributed by atoms with van der Waals surface area (Å²) in [5.74, 6) is -1.37. The highest BCUT2D eigenvalue weighted by Gasteiger charge is 2.35. The lowest BCUT2D eigenvalue weighted by Gasteiger charge is -2.36. The number of fused-ring (bicyclic) bond motifs is 1. The third-order valence-corrected chi connectivity index (χ3v) is 7.15. The van der Waals surface area contributed by atoms with E-state index in [9.17, 15) is 14.4 Å². The maximum Gasteiger partial charge on any atom is 0.341 e. The Morgan fingerprint density at radius 3 is 2.57 bits per heavy atom. The van der Waals surface area contributed by atoms with Crippen molar-refractivity contribution in [2.75, 3.05) is 12.4 Å². The first kappa shape index (κ1) is 22.4. The lowest BCUT2D eigenvalue weighted by Crippen LogP contribution is -2.28. The SMILES string of the molecule is CCC(C)(C)[C@H]1CCc2c(sc(NC(=O)C[C@@H](C)CC(=O)O)c2C(=O)OC)C1. The first-order valence-electron chi connectivity index (χ1n) is 9.83. The zero-order chi connectivity index (χ0) is 21.1. The third-order valence-electron chi connectivity index (χ3n) is 5.98. The number of methoxy groups -OCH3 is 1. The van der Waals surface area contributed by atoms with E-state index in [1.54, 1.807) is 6.92 Å². The van der Waals surface area contributed by atoms with Crippen molar-refractivity contribution in [3.8, 4) is 0 Å². The predicted octanol–water partition coefficient (Wildman–Crippen LogP) is 4.52. The summed E-state index contributed by atoms with van der Waals surface area (Å²) in [5, 5.41) is 12.2. The summed E-state index contributed by atoms with van der Waals surface area (Å²) in [7, 11) is 1.35. The second-order valence-electron chi connectivity index (χ2n) is 8.44. The van der Waals surface area contributed by atoms with E-state index < -0.39 is 11.9 Å². The number of nitrogens with one attached hydrogen (secondary N) is 1. The molecule has 0 radical (unpaired) electrons. The molecule has 6 nitrogen and oxygen atoms in total. The van der Waals surface area contributed by atoms with Crippen LogP contribution in [0.15, 0.2) is 0 Å². The molecule has 0 aliphatic heterocycles. The Morgan fingerprint density at radius 2 is 2.00 bits per heavy atom. The van der Waals surface area contributed by atoms with Crippen molar-refractivity contribution in [3.63, 3.8) is 0 Å². The quantitative estimate of drug-likeness (QED) is 0.616. The van der Waals surface area contributed by atoms with Crippen LogP contribution in [0.4, 0.5) is 5.00 Å². The molecule has 0 saturated heterocycles. The largest absolute Gasteiger partial charge is 0.481 e. The van der Waals surface area contributed by atoms with Gasteiger partial charge in [0.1, 0.15) is 5.00 Å². The first-order valence-corrected chi connectivity index (χ1v) is 10.6. The number of esters is 1. The minimum Gasteiger partial charge on any atom is -0.481 e. The molecule has 1 aliphatic carbocycles. The number of ether oxygens (including phenoxy) is 1. The highest BCUT2D eigenvalue weighted by molar-refractivity contribution is 7.17. The molecule has 2 N–H and O–H groups in total. The van der Waals surface area contributed by atoms with Gasteiger partial charge in [0, 0.05) is 17.7 Å². The number of hydrogen-bond acceptors (Lipinski definition) is 5. The van der Waals surface area contributed by atoms with Gasteiger partial charge in [-0.1, -0.05) is 34.1 Å². The lowest BCUT2D eigenvalue weighted by molar-refractivity contribution is -0.138. The molecule has 0 aromatic carbocycles. The summed E-state index contributed by atoms with van der Waals surface area (Å²) < 4.78 is 4.97. The highest BCUT2D eigenvalue weighted by Crippen LogP contribution is 2.45. The zero-order valence-corrected chi connectivity index (χ0v) is 18.2. The molecule has 0 spiro atoms. The fraction of sp³-hybridized carbons (Fsp3) is 0.667. The van der Waals surface area contributed by atoms with Gasteiger partial charge in [-0.05, 0) is 42.1 Å². The lowest BCUT2D eigenvalue weighted by atomic mass is 9.69. The number of hydrogen-bond donors (Lipinski definition) is 2. The Hall–Kier alpha value is -1.89. The molecular formula is C21H31NO5S. The van der Waals surface area contributed by atoms with Crippen LogP contribution < -0.4 is 5.32 Å². The van der Waals surface area contributed by atoms with Gasteiger partial charge in [0.2, 0.25) is 5.91 Å². The fourth-order valence-corrected chi connectivity index (χ4v) is 5.14. The molecule has 1 amide bonds. The summed E-state index contributed by atoms with van der Waals surface area (Å²) in [6.07, 6.45) is 3.84. The van der Waals surface area contributed by atoms with Crippen molar-refractivity contribution in [2.24, 2.45) is 17.3 Å². The predicted molar refractivity (Wildman–Crippen MR) is 110 cm³/mol. The Morgan fingerprint density at radius 1 is 1.32 bits per heavy atom. The normalized spacial score (nSPS) is 17.5. The number of carbonyl (C=O) groups excluding carboxylic acids is 2. The Balaban J connectivity index is 2.24. The zero-order valence-electron chi connectivity index (χ0n) is 17.4. The monoisotopic (exact) mass is 409 g/mol. The number of carbonyl (C=O) groups is 3. The fourth-order valence-electron chi connectivity index (χ4n) is 3.81. The van der Waals surface area contributed by atoms with Crippen LogP contribution >= 0.6 is 11.3 Å². The van der Waals surface area contributed by atoms with Crippen LogP contribution in [0.3, 0.4) is 0 Å². The number of amides is 1. The van der Waals surface area contributed by atoms with Gasteiger partial charge < -0.3 is 15.2 Å². The maximum absolute atomic E-state index is 12.4. The molecule has 28 heavy (non-hydrogen) atoms. The van der Waals surface area contributed by atoms with Gasteiger partial charge in [0.05, 0.1) is 12.7 Å². The minimum absolute atomic E-state index is 0.0635. The number of rotatable bonds is 8. The van der Waals surface area contributed by atoms with Crippen LogP contribution in [-0.4, -0.2) is 30.1 Å². The molecule has 2 atom stereocenters. The average Bonchev–Trinajstić information content (AvgIpc) is 2.96. The second kappa shape index (κ2) is 9.07. The van der Waals surface area contributed by atoms with E-state index in [0.717, 1.165) is 36.1 Å². The molecule has 0 fully saturated rings.